The van der Waals surface area contributed by atoms with Crippen LogP contribution in [0.15, 0.2) is 127 Å². The number of aliphatic hydroxyl groups excluding tert-OH is 2. The van der Waals surface area contributed by atoms with Gasteiger partial charge in [-0.05, 0) is 82.8 Å². The van der Waals surface area contributed by atoms with Gasteiger partial charge < -0.3 is 15.1 Å². The predicted octanol–water partition coefficient (Wildman–Crippen LogP) is 8.04. The van der Waals surface area contributed by atoms with E-state index in [0.29, 0.717) is 0 Å². The number of hydrogen-bond donors (Lipinski definition) is 2. The van der Waals surface area contributed by atoms with Crippen LogP contribution in [0.4, 0.5) is 17.1 Å². The molecule has 0 aliphatic carbocycles. The highest BCUT2D eigenvalue weighted by atomic mass is 16.3. The summed E-state index contributed by atoms with van der Waals surface area (Å²) in [6.07, 6.45) is 2.24. The van der Waals surface area contributed by atoms with Crippen LogP contribution in [0.1, 0.15) is 33.4 Å². The highest BCUT2D eigenvalue weighted by Gasteiger charge is 2.13. The minimum absolute atomic E-state index is 0.0111. The van der Waals surface area contributed by atoms with E-state index in [1.54, 1.807) is 0 Å². The summed E-state index contributed by atoms with van der Waals surface area (Å²) >= 11 is 0. The summed E-state index contributed by atoms with van der Waals surface area (Å²) in [5.74, 6) is 0. The monoisotopic (exact) mass is 497 g/mol. The van der Waals surface area contributed by atoms with Gasteiger partial charge in [0.05, 0.1) is 13.2 Å². The number of benzene rings is 5. The molecule has 5 aromatic carbocycles. The zero-order chi connectivity index (χ0) is 26.3. The van der Waals surface area contributed by atoms with Gasteiger partial charge in [-0.1, -0.05) is 96.6 Å². The minimum Gasteiger partial charge on any atom is -0.392 e. The van der Waals surface area contributed by atoms with Gasteiger partial charge in [-0.2, -0.15) is 0 Å². The quantitative estimate of drug-likeness (QED) is 0.213. The van der Waals surface area contributed by atoms with Crippen LogP contribution in [-0.2, 0) is 13.2 Å². The van der Waals surface area contributed by atoms with Crippen molar-refractivity contribution in [1.29, 1.82) is 0 Å². The zero-order valence-electron chi connectivity index (χ0n) is 21.5. The van der Waals surface area contributed by atoms with Gasteiger partial charge in [0.25, 0.3) is 0 Å². The molecule has 0 saturated heterocycles. The van der Waals surface area contributed by atoms with Crippen molar-refractivity contribution in [3.05, 3.63) is 161 Å². The van der Waals surface area contributed by atoms with Crippen LogP contribution >= 0.6 is 0 Å². The lowest BCUT2D eigenvalue weighted by Gasteiger charge is -2.26. The van der Waals surface area contributed by atoms with Gasteiger partial charge >= 0.3 is 0 Å². The van der Waals surface area contributed by atoms with E-state index in [-0.39, 0.29) is 13.2 Å². The summed E-state index contributed by atoms with van der Waals surface area (Å²) in [6.45, 7) is 2.13. The third-order valence-corrected chi connectivity index (χ3v) is 6.66. The third-order valence-electron chi connectivity index (χ3n) is 6.66. The number of nitrogens with zero attached hydrogens (tertiary/aromatic N) is 1. The van der Waals surface area contributed by atoms with Crippen molar-refractivity contribution in [3.63, 3.8) is 0 Å². The molecule has 0 heterocycles. The number of aryl methyl sites for hydroxylation is 1. The normalized spacial score (nSPS) is 11.4. The lowest BCUT2D eigenvalue weighted by atomic mass is 9.95. The van der Waals surface area contributed by atoms with Gasteiger partial charge in [0.2, 0.25) is 0 Å². The minimum atomic E-state index is 0.0111. The summed E-state index contributed by atoms with van der Waals surface area (Å²) in [4.78, 5) is 2.17. The summed E-state index contributed by atoms with van der Waals surface area (Å²) < 4.78 is 0. The fraction of sp³-hybridized carbons (Fsp3) is 0.0857. The second kappa shape index (κ2) is 11.7. The molecule has 0 radical (unpaired) electrons. The summed E-state index contributed by atoms with van der Waals surface area (Å²) in [5.41, 5.74) is 10.6. The molecular weight excluding hydrogens is 466 g/mol. The van der Waals surface area contributed by atoms with Crippen LogP contribution in [-0.4, -0.2) is 10.2 Å². The maximum Gasteiger partial charge on any atom is 0.0681 e. The van der Waals surface area contributed by atoms with E-state index in [2.05, 4.69) is 90.7 Å². The fourth-order valence-electron chi connectivity index (χ4n) is 4.52. The van der Waals surface area contributed by atoms with Crippen molar-refractivity contribution in [3.8, 4) is 0 Å². The molecule has 3 heteroatoms. The molecule has 0 aromatic heterocycles. The Hall–Kier alpha value is -4.44. The molecule has 0 saturated carbocycles. The van der Waals surface area contributed by atoms with Crippen LogP contribution < -0.4 is 4.90 Å². The summed E-state index contributed by atoms with van der Waals surface area (Å²) in [5, 5.41) is 19.0. The summed E-state index contributed by atoms with van der Waals surface area (Å²) in [7, 11) is 0. The Morgan fingerprint density at radius 2 is 1.00 bits per heavy atom. The highest BCUT2D eigenvalue weighted by Crippen LogP contribution is 2.35. The Kier molecular flexibility index (Phi) is 7.79. The van der Waals surface area contributed by atoms with Crippen LogP contribution in [0.3, 0.4) is 0 Å². The Morgan fingerprint density at radius 3 is 1.47 bits per heavy atom. The Balaban J connectivity index is 1.54. The topological polar surface area (TPSA) is 43.7 Å². The third kappa shape index (κ3) is 5.76. The number of aliphatic hydroxyl groups is 2. The maximum absolute atomic E-state index is 9.50. The zero-order valence-corrected chi connectivity index (χ0v) is 21.5. The Labute approximate surface area is 224 Å². The first-order valence-electron chi connectivity index (χ1n) is 12.8. The lowest BCUT2D eigenvalue weighted by Crippen LogP contribution is -2.10. The first-order chi connectivity index (χ1) is 18.6. The fourth-order valence-corrected chi connectivity index (χ4v) is 4.52. The average Bonchev–Trinajstić information content (AvgIpc) is 2.98. The highest BCUT2D eigenvalue weighted by molar-refractivity contribution is 5.91. The molecule has 0 bridgehead atoms. The second-order valence-corrected chi connectivity index (χ2v) is 9.37. The van der Waals surface area contributed by atoms with Crippen molar-refractivity contribution < 1.29 is 10.2 Å². The van der Waals surface area contributed by atoms with E-state index in [4.69, 9.17) is 0 Å². The maximum atomic E-state index is 9.50. The molecule has 188 valence electrons. The lowest BCUT2D eigenvalue weighted by molar-refractivity contribution is 0.281. The first kappa shape index (κ1) is 25.2. The molecule has 0 amide bonds. The summed E-state index contributed by atoms with van der Waals surface area (Å²) in [6, 6.07) is 43.5. The van der Waals surface area contributed by atoms with Crippen LogP contribution in [0.2, 0.25) is 0 Å². The van der Waals surface area contributed by atoms with Crippen LogP contribution in [0.25, 0.3) is 11.6 Å². The second-order valence-electron chi connectivity index (χ2n) is 9.37. The molecule has 0 atom stereocenters. The van der Waals surface area contributed by atoms with Crippen molar-refractivity contribution >= 4 is 28.7 Å². The Bertz CT molecular complexity index is 1440. The molecule has 0 aliphatic heterocycles. The Morgan fingerprint density at radius 1 is 0.553 bits per heavy atom. The van der Waals surface area contributed by atoms with Crippen LogP contribution in [0.5, 0.6) is 0 Å². The molecule has 0 fully saturated rings. The predicted molar refractivity (Wildman–Crippen MR) is 158 cm³/mol. The van der Waals surface area contributed by atoms with E-state index in [1.807, 2.05) is 54.6 Å². The number of anilines is 3. The van der Waals surface area contributed by atoms with E-state index < -0.39 is 0 Å². The van der Waals surface area contributed by atoms with Crippen molar-refractivity contribution in [2.45, 2.75) is 20.1 Å². The molecule has 0 spiro atoms. The molecule has 3 nitrogen and oxygen atoms in total. The van der Waals surface area contributed by atoms with Crippen molar-refractivity contribution in [2.75, 3.05) is 4.90 Å². The molecule has 2 N–H and O–H groups in total. The van der Waals surface area contributed by atoms with Gasteiger partial charge in [0.1, 0.15) is 0 Å². The van der Waals surface area contributed by atoms with Gasteiger partial charge in [-0.3, -0.25) is 0 Å². The molecule has 0 aliphatic rings. The molecular formula is C35H31NO2. The van der Waals surface area contributed by atoms with Crippen molar-refractivity contribution in [1.82, 2.24) is 0 Å². The van der Waals surface area contributed by atoms with Gasteiger partial charge in [0.15, 0.2) is 0 Å². The number of hydrogen-bond acceptors (Lipinski definition) is 3. The van der Waals surface area contributed by atoms with E-state index in [9.17, 15) is 10.2 Å². The number of rotatable bonds is 8. The smallest absolute Gasteiger partial charge is 0.0681 e. The van der Waals surface area contributed by atoms with E-state index in [1.165, 1.54) is 22.3 Å². The first-order valence-corrected chi connectivity index (χ1v) is 12.8. The van der Waals surface area contributed by atoms with Crippen molar-refractivity contribution in [2.24, 2.45) is 0 Å². The largest absolute Gasteiger partial charge is 0.392 e. The standard InChI is InChI=1S/C35H31NO2/c1-26-7-15-31(16-8-26)35(30-5-3-2-4-6-30)23-27-9-17-32(18-10-27)36(33-19-11-28(24-37)12-20-33)34-21-13-29(25-38)14-22-34/h2-23,37-38H,24-25H2,1H3/b35-23-. The van der Waals surface area contributed by atoms with Gasteiger partial charge in [-0.15, -0.1) is 0 Å². The van der Waals surface area contributed by atoms with Gasteiger partial charge in [-0.25, -0.2) is 0 Å². The van der Waals surface area contributed by atoms with Crippen LogP contribution in [0, 0.1) is 6.92 Å². The molecule has 5 rings (SSSR count). The molecule has 5 aromatic rings. The van der Waals surface area contributed by atoms with E-state index >= 15 is 0 Å². The average molecular weight is 498 g/mol. The molecule has 0 unspecified atom stereocenters. The SMILES string of the molecule is Cc1ccc(/C(=C\c2ccc(N(c3ccc(CO)cc3)c3ccc(CO)cc3)cc2)c2ccccc2)cc1. The van der Waals surface area contributed by atoms with E-state index in [0.717, 1.165) is 33.8 Å². The van der Waals surface area contributed by atoms with Gasteiger partial charge in [0, 0.05) is 17.1 Å². The molecule has 38 heavy (non-hydrogen) atoms.